The van der Waals surface area contributed by atoms with Gasteiger partial charge in [0.1, 0.15) is 17.1 Å². The van der Waals surface area contributed by atoms with E-state index in [0.29, 0.717) is 56.2 Å². The van der Waals surface area contributed by atoms with E-state index in [-0.39, 0.29) is 0 Å². The minimum atomic E-state index is -2.05. The number of methoxy groups -OCH3 is 1. The Bertz CT molecular complexity index is 651. The summed E-state index contributed by atoms with van der Waals surface area (Å²) in [6.07, 6.45) is 1.21. The number of amides is 2. The zero-order chi connectivity index (χ0) is 28.6. The van der Waals surface area contributed by atoms with Gasteiger partial charge in [-0.15, -0.1) is 0 Å². The molecule has 0 aliphatic heterocycles. The molecular weight excluding hydrogens is 528 g/mol. The molecule has 0 aromatic heterocycles. The molecule has 0 aromatic carbocycles. The summed E-state index contributed by atoms with van der Waals surface area (Å²) in [5, 5.41) is 5.50. The van der Waals surface area contributed by atoms with E-state index in [2.05, 4.69) is 10.6 Å². The number of nitrogens with one attached hydrogen (secondary N) is 2. The molecule has 0 unspecified atom stereocenters. The van der Waals surface area contributed by atoms with E-state index in [0.717, 1.165) is 0 Å². The van der Waals surface area contributed by atoms with Crippen molar-refractivity contribution in [1.29, 1.82) is 0 Å². The van der Waals surface area contributed by atoms with Gasteiger partial charge in [-0.25, -0.2) is 9.59 Å². The molecule has 0 aliphatic rings. The number of hydrogen-bond acceptors (Lipinski definition) is 10. The normalized spacial score (nSPS) is 13.7. The van der Waals surface area contributed by atoms with Gasteiger partial charge in [0.2, 0.25) is 0 Å². The van der Waals surface area contributed by atoms with Gasteiger partial charge in [0.25, 0.3) is 0 Å². The first-order chi connectivity index (χ1) is 17.3. The molecule has 0 fully saturated rings. The lowest BCUT2D eigenvalue weighted by atomic mass is 9.94. The molecule has 14 heteroatoms. The van der Waals surface area contributed by atoms with E-state index in [4.69, 9.17) is 35.1 Å². The minimum absolute atomic E-state index is 0.366. The molecular formula is C23H50N2O10S2. The quantitative estimate of drug-likeness (QED) is 0.198. The van der Waals surface area contributed by atoms with Crippen LogP contribution in [0, 0.1) is 0 Å². The predicted octanol–water partition coefficient (Wildman–Crippen LogP) is 4.58. The van der Waals surface area contributed by atoms with Gasteiger partial charge in [-0.1, -0.05) is 0 Å². The molecule has 0 spiro atoms. The fourth-order valence-electron chi connectivity index (χ4n) is 3.22. The molecule has 0 atom stereocenters. The van der Waals surface area contributed by atoms with E-state index < -0.39 is 44.8 Å². The molecule has 0 radical (unpaired) electrons. The summed E-state index contributed by atoms with van der Waals surface area (Å²) in [7, 11) is 5.52. The summed E-state index contributed by atoms with van der Waals surface area (Å²) >= 11 is 0. The highest BCUT2D eigenvalue weighted by Crippen LogP contribution is 2.50. The maximum absolute atomic E-state index is 12.3. The molecule has 0 saturated heterocycles. The average Bonchev–Trinajstić information content (AvgIpc) is 2.85. The third kappa shape index (κ3) is 14.7. The summed E-state index contributed by atoms with van der Waals surface area (Å²) in [4.78, 5) is 24.6. The molecule has 2 amide bonds. The number of alkyl carbamates (subject to hydrolysis) is 2. The second-order valence-corrected chi connectivity index (χ2v) is 14.6. The van der Waals surface area contributed by atoms with Crippen LogP contribution in [0.2, 0.25) is 0 Å². The van der Waals surface area contributed by atoms with Crippen LogP contribution in [-0.2, 0) is 35.1 Å². The third-order valence-corrected chi connectivity index (χ3v) is 10.5. The van der Waals surface area contributed by atoms with Crippen LogP contribution >= 0.6 is 21.5 Å². The van der Waals surface area contributed by atoms with Crippen molar-refractivity contribution in [3.8, 4) is 0 Å². The highest BCUT2D eigenvalue weighted by atomic mass is 32.3. The molecule has 0 heterocycles. The second-order valence-electron chi connectivity index (χ2n) is 9.31. The third-order valence-electron chi connectivity index (χ3n) is 5.48. The van der Waals surface area contributed by atoms with Crippen LogP contribution in [0.1, 0.15) is 53.4 Å². The monoisotopic (exact) mass is 578 g/mol. The van der Waals surface area contributed by atoms with Gasteiger partial charge in [-0.3, -0.25) is 20.9 Å². The first-order valence-electron chi connectivity index (χ1n) is 12.1. The predicted molar refractivity (Wildman–Crippen MR) is 147 cm³/mol. The van der Waals surface area contributed by atoms with Gasteiger partial charge in [0, 0.05) is 31.7 Å². The fourth-order valence-corrected chi connectivity index (χ4v) is 6.35. The van der Waals surface area contributed by atoms with Crippen LogP contribution in [0.25, 0.3) is 0 Å². The number of ether oxygens (including phenoxy) is 3. The molecule has 2 N–H and O–H groups in total. The van der Waals surface area contributed by atoms with Gasteiger partial charge in [-0.05, 0) is 53.4 Å². The van der Waals surface area contributed by atoms with E-state index >= 15 is 0 Å². The lowest BCUT2D eigenvalue weighted by Crippen LogP contribution is -2.39. The van der Waals surface area contributed by atoms with Crippen molar-refractivity contribution < 1.29 is 44.7 Å². The lowest BCUT2D eigenvalue weighted by Gasteiger charge is -2.39. The van der Waals surface area contributed by atoms with E-state index in [1.54, 1.807) is 21.3 Å². The summed E-state index contributed by atoms with van der Waals surface area (Å²) < 4.78 is 43.3. The Hall–Kier alpha value is -1.00. The zero-order valence-electron chi connectivity index (χ0n) is 24.3. The summed E-state index contributed by atoms with van der Waals surface area (Å²) in [6.45, 7) is 8.08. The van der Waals surface area contributed by atoms with Gasteiger partial charge in [-0.2, -0.15) is 10.6 Å². The van der Waals surface area contributed by atoms with Crippen LogP contribution in [0.4, 0.5) is 9.59 Å². The van der Waals surface area contributed by atoms with Crippen LogP contribution in [-0.4, -0.2) is 96.6 Å². The Morgan fingerprint density at radius 2 is 1.05 bits per heavy atom. The van der Waals surface area contributed by atoms with Crippen molar-refractivity contribution in [2.75, 3.05) is 73.2 Å². The Morgan fingerprint density at radius 1 is 0.649 bits per heavy atom. The Morgan fingerprint density at radius 3 is 1.41 bits per heavy atom. The van der Waals surface area contributed by atoms with E-state index in [1.165, 1.54) is 21.3 Å². The number of hydrogen-bond donors (Lipinski definition) is 2. The second kappa shape index (κ2) is 17.6. The lowest BCUT2D eigenvalue weighted by molar-refractivity contribution is -0.00795. The summed E-state index contributed by atoms with van der Waals surface area (Å²) in [5.41, 5.74) is -1.51. The standard InChI is InChI=1S/C23H50N2O10S2/c1-22(2,34-20(26)24-15-11-17-36(29-6,30-7)19-28-5)13-14-23(3,4)35-21(27)25-16-12-18-37(31-8,32-9)33-10/h11-19H2,1-10H3,(H,24,26)(H,25,27). The average molecular weight is 579 g/mol. The zero-order valence-corrected chi connectivity index (χ0v) is 25.9. The van der Waals surface area contributed by atoms with Crippen molar-refractivity contribution in [2.24, 2.45) is 0 Å². The topological polar surface area (TPSA) is 132 Å². The Kier molecular flexibility index (Phi) is 17.1. The maximum Gasteiger partial charge on any atom is 0.407 e. The van der Waals surface area contributed by atoms with Gasteiger partial charge in [0.05, 0.1) is 46.4 Å². The fraction of sp³-hybridized carbons (Fsp3) is 0.913. The molecule has 0 bridgehead atoms. The number of carbonyl (C=O) groups is 2. The summed E-state index contributed by atoms with van der Waals surface area (Å²) in [5.74, 6) is 1.50. The maximum atomic E-state index is 12.3. The van der Waals surface area contributed by atoms with Gasteiger partial charge >= 0.3 is 12.2 Å². The first-order valence-corrected chi connectivity index (χ1v) is 15.5. The largest absolute Gasteiger partial charge is 0.444 e. The Balaban J connectivity index is 4.41. The molecule has 224 valence electrons. The van der Waals surface area contributed by atoms with Crippen molar-refractivity contribution in [2.45, 2.75) is 64.6 Å². The van der Waals surface area contributed by atoms with E-state index in [1.807, 2.05) is 27.7 Å². The molecule has 37 heavy (non-hydrogen) atoms. The molecule has 0 rings (SSSR count). The van der Waals surface area contributed by atoms with E-state index in [9.17, 15) is 9.59 Å². The van der Waals surface area contributed by atoms with Crippen molar-refractivity contribution in [3.05, 3.63) is 0 Å². The Labute approximate surface area is 226 Å². The molecule has 0 saturated carbocycles. The highest BCUT2D eigenvalue weighted by Gasteiger charge is 2.30. The smallest absolute Gasteiger partial charge is 0.407 e. The van der Waals surface area contributed by atoms with Gasteiger partial charge in [0.15, 0.2) is 0 Å². The molecule has 0 aliphatic carbocycles. The van der Waals surface area contributed by atoms with Crippen LogP contribution in [0.15, 0.2) is 0 Å². The molecule has 12 nitrogen and oxygen atoms in total. The van der Waals surface area contributed by atoms with Crippen LogP contribution < -0.4 is 10.6 Å². The SMILES string of the molecule is COCS(CCCNC(=O)OC(C)(C)CCC(C)(C)OC(=O)NCCCS(OC)(OC)OC)(OC)OC. The number of carbonyl (C=O) groups excluding carboxylic acids is 2. The van der Waals surface area contributed by atoms with Crippen LogP contribution in [0.5, 0.6) is 0 Å². The van der Waals surface area contributed by atoms with Crippen molar-refractivity contribution >= 4 is 33.6 Å². The molecule has 0 aromatic rings. The highest BCUT2D eigenvalue weighted by molar-refractivity contribution is 8.25. The van der Waals surface area contributed by atoms with Crippen molar-refractivity contribution in [1.82, 2.24) is 10.6 Å². The van der Waals surface area contributed by atoms with Gasteiger partial charge < -0.3 is 24.8 Å². The van der Waals surface area contributed by atoms with Crippen molar-refractivity contribution in [3.63, 3.8) is 0 Å². The minimum Gasteiger partial charge on any atom is -0.444 e. The number of rotatable bonds is 20. The summed E-state index contributed by atoms with van der Waals surface area (Å²) in [6, 6.07) is 0. The van der Waals surface area contributed by atoms with Crippen LogP contribution in [0.3, 0.4) is 0 Å². The first kappa shape index (κ1) is 36.0.